The van der Waals surface area contributed by atoms with Gasteiger partial charge in [-0.25, -0.2) is 0 Å². The molecule has 0 aromatic heterocycles. The van der Waals surface area contributed by atoms with Gasteiger partial charge in [0.2, 0.25) is 5.91 Å². The summed E-state index contributed by atoms with van der Waals surface area (Å²) in [4.78, 5) is 12.0. The highest BCUT2D eigenvalue weighted by molar-refractivity contribution is 5.79. The van der Waals surface area contributed by atoms with Gasteiger partial charge in [0.05, 0.1) is 0 Å². The molecule has 0 spiro atoms. The maximum Gasteiger partial charge on any atom is 0.223 e. The lowest BCUT2D eigenvalue weighted by Gasteiger charge is -2.57. The lowest BCUT2D eigenvalue weighted by atomic mass is 9.49. The maximum atomic E-state index is 12.0. The minimum atomic E-state index is 0.358. The maximum absolute atomic E-state index is 12.0. The van der Waals surface area contributed by atoms with E-state index >= 15 is 0 Å². The molecule has 100 valence electrons. The Morgan fingerprint density at radius 1 is 1.00 bits per heavy atom. The van der Waals surface area contributed by atoms with Gasteiger partial charge in [-0.05, 0) is 74.5 Å². The number of carbonyl (C=O) groups excluding carboxylic acids is 1. The molecule has 0 radical (unpaired) electrons. The molecule has 2 nitrogen and oxygen atoms in total. The van der Waals surface area contributed by atoms with Crippen molar-refractivity contribution in [2.24, 2.45) is 29.1 Å². The van der Waals surface area contributed by atoms with E-state index in [2.05, 4.69) is 5.32 Å². The minimum absolute atomic E-state index is 0.358. The molecule has 0 atom stereocenters. The van der Waals surface area contributed by atoms with Crippen LogP contribution in [0.5, 0.6) is 0 Å². The van der Waals surface area contributed by atoms with Gasteiger partial charge in [-0.1, -0.05) is 6.42 Å². The first-order chi connectivity index (χ1) is 8.72. The topological polar surface area (TPSA) is 29.1 Å². The normalized spacial score (nSPS) is 45.9. The standard InChI is InChI=1S/C16H25NO/c18-15(14-2-1-3-14)17-10-16-7-11-4-12(8-16)6-13(5-11)9-16/h11-14H,1-10H2,(H,17,18). The van der Waals surface area contributed by atoms with E-state index in [1.807, 2.05) is 0 Å². The number of hydrogen-bond acceptors (Lipinski definition) is 1. The summed E-state index contributed by atoms with van der Waals surface area (Å²) in [6.45, 7) is 0.992. The van der Waals surface area contributed by atoms with Gasteiger partial charge < -0.3 is 5.32 Å². The van der Waals surface area contributed by atoms with Crippen molar-refractivity contribution in [2.45, 2.75) is 57.8 Å². The Morgan fingerprint density at radius 3 is 2.00 bits per heavy atom. The zero-order chi connectivity index (χ0) is 12.2. The molecule has 0 aromatic rings. The lowest BCUT2D eigenvalue weighted by Crippen LogP contribution is -2.52. The van der Waals surface area contributed by atoms with Gasteiger partial charge in [0.1, 0.15) is 0 Å². The number of hydrogen-bond donors (Lipinski definition) is 1. The smallest absolute Gasteiger partial charge is 0.223 e. The van der Waals surface area contributed by atoms with Crippen molar-refractivity contribution in [1.29, 1.82) is 0 Å². The average Bonchev–Trinajstić information content (AvgIpc) is 2.22. The van der Waals surface area contributed by atoms with Crippen molar-refractivity contribution in [1.82, 2.24) is 5.32 Å². The first-order valence-corrected chi connectivity index (χ1v) is 8.00. The third-order valence-corrected chi connectivity index (χ3v) is 6.28. The van der Waals surface area contributed by atoms with Crippen LogP contribution in [0.15, 0.2) is 0 Å². The molecule has 18 heavy (non-hydrogen) atoms. The Bertz CT molecular complexity index is 323. The highest BCUT2D eigenvalue weighted by Crippen LogP contribution is 2.59. The van der Waals surface area contributed by atoms with Gasteiger partial charge in [-0.2, -0.15) is 0 Å². The SMILES string of the molecule is O=C(NCC12CC3CC(CC(C3)C1)C2)C1CCC1. The second-order valence-electron chi connectivity index (χ2n) is 7.76. The number of carbonyl (C=O) groups is 1. The zero-order valence-electron chi connectivity index (χ0n) is 11.3. The molecule has 0 unspecified atom stereocenters. The summed E-state index contributed by atoms with van der Waals surface area (Å²) in [6, 6.07) is 0. The molecule has 5 aliphatic carbocycles. The largest absolute Gasteiger partial charge is 0.355 e. The van der Waals surface area contributed by atoms with Crippen LogP contribution in [-0.4, -0.2) is 12.5 Å². The molecule has 2 heteroatoms. The summed E-state index contributed by atoms with van der Waals surface area (Å²) in [5.41, 5.74) is 0.508. The van der Waals surface area contributed by atoms with Crippen LogP contribution < -0.4 is 5.32 Å². The molecule has 5 saturated carbocycles. The van der Waals surface area contributed by atoms with Gasteiger partial charge in [0.25, 0.3) is 0 Å². The molecule has 0 heterocycles. The van der Waals surface area contributed by atoms with Crippen LogP contribution in [0.1, 0.15) is 57.8 Å². The summed E-state index contributed by atoms with van der Waals surface area (Å²) in [5, 5.41) is 3.30. The molecule has 5 fully saturated rings. The molecule has 0 saturated heterocycles. The number of nitrogens with one attached hydrogen (secondary N) is 1. The summed E-state index contributed by atoms with van der Waals surface area (Å²) >= 11 is 0. The van der Waals surface area contributed by atoms with Crippen molar-refractivity contribution in [3.8, 4) is 0 Å². The van der Waals surface area contributed by atoms with E-state index in [4.69, 9.17) is 0 Å². The van der Waals surface area contributed by atoms with E-state index in [0.717, 1.165) is 37.1 Å². The van der Waals surface area contributed by atoms with Crippen LogP contribution in [0.4, 0.5) is 0 Å². The van der Waals surface area contributed by atoms with Gasteiger partial charge in [-0.3, -0.25) is 4.79 Å². The van der Waals surface area contributed by atoms with Crippen LogP contribution in [0.2, 0.25) is 0 Å². The molecule has 5 rings (SSSR count). The Kier molecular flexibility index (Phi) is 2.50. The van der Waals surface area contributed by atoms with Crippen LogP contribution in [-0.2, 0) is 4.79 Å². The summed E-state index contributed by atoms with van der Waals surface area (Å²) in [7, 11) is 0. The van der Waals surface area contributed by atoms with E-state index in [-0.39, 0.29) is 0 Å². The molecule has 1 amide bonds. The van der Waals surface area contributed by atoms with Crippen LogP contribution in [0.25, 0.3) is 0 Å². The Morgan fingerprint density at radius 2 is 1.56 bits per heavy atom. The lowest BCUT2D eigenvalue weighted by molar-refractivity contribution is -0.129. The fourth-order valence-corrected chi connectivity index (χ4v) is 5.60. The zero-order valence-corrected chi connectivity index (χ0v) is 11.3. The summed E-state index contributed by atoms with van der Waals surface area (Å²) in [5.74, 6) is 3.71. The molecule has 0 aliphatic heterocycles. The van der Waals surface area contributed by atoms with E-state index in [1.54, 1.807) is 0 Å². The van der Waals surface area contributed by atoms with Gasteiger partial charge >= 0.3 is 0 Å². The fraction of sp³-hybridized carbons (Fsp3) is 0.938. The molecule has 5 aliphatic rings. The molecular weight excluding hydrogens is 222 g/mol. The van der Waals surface area contributed by atoms with Crippen molar-refractivity contribution in [3.63, 3.8) is 0 Å². The van der Waals surface area contributed by atoms with Gasteiger partial charge in [0.15, 0.2) is 0 Å². The summed E-state index contributed by atoms with van der Waals surface area (Å²) in [6.07, 6.45) is 12.2. The molecule has 0 aromatic carbocycles. The summed E-state index contributed by atoms with van der Waals surface area (Å²) < 4.78 is 0. The third kappa shape index (κ3) is 1.80. The molecular formula is C16H25NO. The van der Waals surface area contributed by atoms with Gasteiger partial charge in [-0.15, -0.1) is 0 Å². The second kappa shape index (κ2) is 3.98. The molecule has 4 bridgehead atoms. The van der Waals surface area contributed by atoms with Gasteiger partial charge in [0, 0.05) is 12.5 Å². The third-order valence-electron chi connectivity index (χ3n) is 6.28. The predicted molar refractivity (Wildman–Crippen MR) is 71.0 cm³/mol. The van der Waals surface area contributed by atoms with Crippen molar-refractivity contribution < 1.29 is 4.79 Å². The predicted octanol–water partition coefficient (Wildman–Crippen LogP) is 3.12. The number of rotatable bonds is 3. The van der Waals surface area contributed by atoms with E-state index < -0.39 is 0 Å². The average molecular weight is 247 g/mol. The monoisotopic (exact) mass is 247 g/mol. The minimum Gasteiger partial charge on any atom is -0.355 e. The van der Waals surface area contributed by atoms with Crippen LogP contribution >= 0.6 is 0 Å². The first-order valence-electron chi connectivity index (χ1n) is 8.00. The van der Waals surface area contributed by atoms with Crippen LogP contribution in [0, 0.1) is 29.1 Å². The Balaban J connectivity index is 1.40. The van der Waals surface area contributed by atoms with E-state index in [0.29, 0.717) is 17.2 Å². The van der Waals surface area contributed by atoms with Crippen molar-refractivity contribution >= 4 is 5.91 Å². The second-order valence-corrected chi connectivity index (χ2v) is 7.76. The number of amides is 1. The first kappa shape index (κ1) is 11.3. The van der Waals surface area contributed by atoms with Crippen molar-refractivity contribution in [3.05, 3.63) is 0 Å². The van der Waals surface area contributed by atoms with Crippen molar-refractivity contribution in [2.75, 3.05) is 6.54 Å². The van der Waals surface area contributed by atoms with E-state index in [1.165, 1.54) is 44.9 Å². The highest BCUT2D eigenvalue weighted by atomic mass is 16.1. The van der Waals surface area contributed by atoms with Crippen LogP contribution in [0.3, 0.4) is 0 Å². The highest BCUT2D eigenvalue weighted by Gasteiger charge is 2.50. The fourth-order valence-electron chi connectivity index (χ4n) is 5.60. The quantitative estimate of drug-likeness (QED) is 0.815. The Hall–Kier alpha value is -0.530. The Labute approximate surface area is 110 Å². The molecule has 1 N–H and O–H groups in total. The van der Waals surface area contributed by atoms with E-state index in [9.17, 15) is 4.79 Å².